The third-order valence-electron chi connectivity index (χ3n) is 2.81. The van der Waals surface area contributed by atoms with E-state index in [9.17, 15) is 9.59 Å². The van der Waals surface area contributed by atoms with Gasteiger partial charge in [-0.3, -0.25) is 0 Å². The molecule has 1 unspecified atom stereocenters. The second-order valence-electron chi connectivity index (χ2n) is 4.76. The van der Waals surface area contributed by atoms with Crippen LogP contribution in [0, 0.1) is 0 Å². The summed E-state index contributed by atoms with van der Waals surface area (Å²) >= 11 is 0. The lowest BCUT2D eigenvalue weighted by molar-refractivity contribution is -0.137. The average Bonchev–Trinajstić information content (AvgIpc) is 2.60. The van der Waals surface area contributed by atoms with E-state index in [0.29, 0.717) is 18.7 Å². The molecule has 1 amide bonds. The van der Waals surface area contributed by atoms with Gasteiger partial charge in [-0.25, -0.2) is 9.59 Å². The van der Waals surface area contributed by atoms with Crippen molar-refractivity contribution in [1.82, 2.24) is 5.32 Å². The van der Waals surface area contributed by atoms with Crippen LogP contribution in [-0.2, 0) is 19.0 Å². The molecular weight excluding hydrogens is 314 g/mol. The van der Waals surface area contributed by atoms with Crippen molar-refractivity contribution in [1.29, 1.82) is 0 Å². The Hall–Kier alpha value is -2.54. The van der Waals surface area contributed by atoms with Crippen molar-refractivity contribution in [3.05, 3.63) is 43.0 Å². The number of ether oxygens (including phenoxy) is 4. The van der Waals surface area contributed by atoms with Gasteiger partial charge in [0.2, 0.25) is 0 Å². The quantitative estimate of drug-likeness (QED) is 0.377. The van der Waals surface area contributed by atoms with Crippen molar-refractivity contribution in [2.45, 2.75) is 12.5 Å². The SMILES string of the molecule is C=CC(=O)OCCCNC(=O)OC(COC)COc1ccccc1. The van der Waals surface area contributed by atoms with Crippen LogP contribution in [0.2, 0.25) is 0 Å². The largest absolute Gasteiger partial charge is 0.490 e. The van der Waals surface area contributed by atoms with E-state index in [1.165, 1.54) is 7.11 Å². The maximum absolute atomic E-state index is 11.7. The fraction of sp³-hybridized carbons (Fsp3) is 0.412. The number of carbonyl (C=O) groups excluding carboxylic acids is 2. The van der Waals surface area contributed by atoms with Gasteiger partial charge in [0.1, 0.15) is 12.4 Å². The molecule has 0 aliphatic rings. The molecule has 0 heterocycles. The van der Waals surface area contributed by atoms with E-state index in [-0.39, 0.29) is 19.8 Å². The van der Waals surface area contributed by atoms with Crippen LogP contribution in [0.15, 0.2) is 43.0 Å². The fourth-order valence-corrected chi connectivity index (χ4v) is 1.70. The molecular formula is C17H23NO6. The zero-order valence-corrected chi connectivity index (χ0v) is 13.7. The Morgan fingerprint density at radius 3 is 2.67 bits per heavy atom. The monoisotopic (exact) mass is 337 g/mol. The summed E-state index contributed by atoms with van der Waals surface area (Å²) in [6.45, 7) is 4.21. The van der Waals surface area contributed by atoms with Gasteiger partial charge in [0.05, 0.1) is 13.2 Å². The van der Waals surface area contributed by atoms with Crippen molar-refractivity contribution in [2.24, 2.45) is 0 Å². The van der Waals surface area contributed by atoms with E-state index in [1.807, 2.05) is 30.3 Å². The van der Waals surface area contributed by atoms with Crippen LogP contribution in [0.1, 0.15) is 6.42 Å². The molecule has 132 valence electrons. The van der Waals surface area contributed by atoms with Gasteiger partial charge in [-0.05, 0) is 18.6 Å². The van der Waals surface area contributed by atoms with Crippen molar-refractivity contribution < 1.29 is 28.5 Å². The van der Waals surface area contributed by atoms with Gasteiger partial charge >= 0.3 is 12.1 Å². The molecule has 0 aliphatic carbocycles. The van der Waals surface area contributed by atoms with Crippen LogP contribution in [-0.4, -0.2) is 51.6 Å². The number of benzene rings is 1. The predicted octanol–water partition coefficient (Wildman–Crippen LogP) is 1.93. The van der Waals surface area contributed by atoms with Gasteiger partial charge in [-0.2, -0.15) is 0 Å². The standard InChI is InChI=1S/C17H23NO6/c1-3-16(19)22-11-7-10-18-17(20)24-15(12-21-2)13-23-14-8-5-4-6-9-14/h3-6,8-9,15H,1,7,10-13H2,2H3,(H,18,20). The van der Waals surface area contributed by atoms with Gasteiger partial charge in [0.25, 0.3) is 0 Å². The molecule has 0 saturated heterocycles. The van der Waals surface area contributed by atoms with Gasteiger partial charge in [0, 0.05) is 19.7 Å². The molecule has 1 aromatic rings. The Kier molecular flexibility index (Phi) is 9.72. The highest BCUT2D eigenvalue weighted by atomic mass is 16.6. The lowest BCUT2D eigenvalue weighted by Gasteiger charge is -2.18. The number of hydrogen-bond donors (Lipinski definition) is 1. The molecule has 0 radical (unpaired) electrons. The number of carbonyl (C=O) groups is 2. The van der Waals surface area contributed by atoms with Crippen LogP contribution in [0.4, 0.5) is 4.79 Å². The molecule has 7 heteroatoms. The Labute approximate surface area is 141 Å². The zero-order valence-electron chi connectivity index (χ0n) is 13.7. The van der Waals surface area contributed by atoms with Gasteiger partial charge in [0.15, 0.2) is 6.10 Å². The summed E-state index contributed by atoms with van der Waals surface area (Å²) in [7, 11) is 1.52. The molecule has 0 bridgehead atoms. The first-order chi connectivity index (χ1) is 11.7. The predicted molar refractivity (Wildman–Crippen MR) is 87.9 cm³/mol. The molecule has 0 aromatic heterocycles. The van der Waals surface area contributed by atoms with Crippen molar-refractivity contribution >= 4 is 12.1 Å². The average molecular weight is 337 g/mol. The molecule has 1 aromatic carbocycles. The zero-order chi connectivity index (χ0) is 17.6. The molecule has 1 atom stereocenters. The first-order valence-electron chi connectivity index (χ1n) is 7.56. The molecule has 0 fully saturated rings. The molecule has 0 spiro atoms. The van der Waals surface area contributed by atoms with E-state index in [4.69, 9.17) is 18.9 Å². The molecule has 7 nitrogen and oxygen atoms in total. The lowest BCUT2D eigenvalue weighted by Crippen LogP contribution is -2.35. The number of esters is 1. The normalized spacial score (nSPS) is 11.2. The summed E-state index contributed by atoms with van der Waals surface area (Å²) in [6.07, 6.45) is 0.450. The highest BCUT2D eigenvalue weighted by Crippen LogP contribution is 2.09. The first-order valence-corrected chi connectivity index (χ1v) is 7.56. The van der Waals surface area contributed by atoms with Crippen LogP contribution in [0.5, 0.6) is 5.75 Å². The molecule has 0 aliphatic heterocycles. The smallest absolute Gasteiger partial charge is 0.407 e. The molecule has 24 heavy (non-hydrogen) atoms. The topological polar surface area (TPSA) is 83.1 Å². The van der Waals surface area contributed by atoms with Crippen LogP contribution < -0.4 is 10.1 Å². The van der Waals surface area contributed by atoms with E-state index in [1.54, 1.807) is 0 Å². The van der Waals surface area contributed by atoms with E-state index in [0.717, 1.165) is 6.08 Å². The van der Waals surface area contributed by atoms with E-state index in [2.05, 4.69) is 11.9 Å². The highest BCUT2D eigenvalue weighted by molar-refractivity contribution is 5.81. The maximum atomic E-state index is 11.7. The summed E-state index contributed by atoms with van der Waals surface area (Å²) in [5.41, 5.74) is 0. The highest BCUT2D eigenvalue weighted by Gasteiger charge is 2.15. The lowest BCUT2D eigenvalue weighted by atomic mass is 10.3. The van der Waals surface area contributed by atoms with Crippen LogP contribution in [0.25, 0.3) is 0 Å². The number of amides is 1. The summed E-state index contributed by atoms with van der Waals surface area (Å²) in [5.74, 6) is 0.197. The van der Waals surface area contributed by atoms with E-state index < -0.39 is 18.2 Å². The Morgan fingerprint density at radius 2 is 2.00 bits per heavy atom. The van der Waals surface area contributed by atoms with Crippen molar-refractivity contribution in [2.75, 3.05) is 33.5 Å². The van der Waals surface area contributed by atoms with E-state index >= 15 is 0 Å². The van der Waals surface area contributed by atoms with Crippen LogP contribution >= 0.6 is 0 Å². The van der Waals surface area contributed by atoms with Crippen molar-refractivity contribution in [3.8, 4) is 5.75 Å². The number of hydrogen-bond acceptors (Lipinski definition) is 6. The number of rotatable bonds is 11. The number of alkyl carbamates (subject to hydrolysis) is 1. The minimum Gasteiger partial charge on any atom is -0.490 e. The first kappa shape index (κ1) is 19.5. The Morgan fingerprint density at radius 1 is 1.25 bits per heavy atom. The third-order valence-corrected chi connectivity index (χ3v) is 2.81. The summed E-state index contributed by atoms with van der Waals surface area (Å²) in [5, 5.41) is 2.57. The van der Waals surface area contributed by atoms with Gasteiger partial charge in [-0.1, -0.05) is 24.8 Å². The Bertz CT molecular complexity index is 505. The summed E-state index contributed by atoms with van der Waals surface area (Å²) in [6, 6.07) is 9.22. The molecule has 1 N–H and O–H groups in total. The van der Waals surface area contributed by atoms with Gasteiger partial charge < -0.3 is 24.3 Å². The molecule has 0 saturated carbocycles. The number of nitrogens with one attached hydrogen (secondary N) is 1. The number of methoxy groups -OCH3 is 1. The van der Waals surface area contributed by atoms with Gasteiger partial charge in [-0.15, -0.1) is 0 Å². The maximum Gasteiger partial charge on any atom is 0.407 e. The Balaban J connectivity index is 2.24. The summed E-state index contributed by atoms with van der Waals surface area (Å²) < 4.78 is 20.6. The minimum atomic E-state index is -0.580. The minimum absolute atomic E-state index is 0.183. The van der Waals surface area contributed by atoms with Crippen LogP contribution in [0.3, 0.4) is 0 Å². The second-order valence-corrected chi connectivity index (χ2v) is 4.76. The molecule has 1 rings (SSSR count). The third kappa shape index (κ3) is 8.79. The second kappa shape index (κ2) is 12.0. The van der Waals surface area contributed by atoms with Crippen molar-refractivity contribution in [3.63, 3.8) is 0 Å². The number of para-hydroxylation sites is 1. The fourth-order valence-electron chi connectivity index (χ4n) is 1.70. The summed E-state index contributed by atoms with van der Waals surface area (Å²) in [4.78, 5) is 22.6.